The van der Waals surface area contributed by atoms with Crippen molar-refractivity contribution in [3.8, 4) is 0 Å². The zero-order valence-electron chi connectivity index (χ0n) is 13.4. The zero-order valence-corrected chi connectivity index (χ0v) is 13.4. The van der Waals surface area contributed by atoms with Crippen molar-refractivity contribution in [1.29, 1.82) is 0 Å². The fourth-order valence-electron chi connectivity index (χ4n) is 2.47. The molecule has 0 spiro atoms. The van der Waals surface area contributed by atoms with E-state index in [0.29, 0.717) is 12.2 Å². The average Bonchev–Trinajstić information content (AvgIpc) is 2.52. The molecule has 0 amide bonds. The summed E-state index contributed by atoms with van der Waals surface area (Å²) in [6, 6.07) is 12.0. The van der Waals surface area contributed by atoms with Gasteiger partial charge in [0.15, 0.2) is 0 Å². The lowest BCUT2D eigenvalue weighted by atomic mass is 10.1. The summed E-state index contributed by atoms with van der Waals surface area (Å²) < 4.78 is 2.79. The van der Waals surface area contributed by atoms with Crippen molar-refractivity contribution in [2.24, 2.45) is 7.05 Å². The molecular formula is C17H23N3O2. The van der Waals surface area contributed by atoms with E-state index in [-0.39, 0.29) is 17.3 Å². The highest BCUT2D eigenvalue weighted by molar-refractivity contribution is 5.17. The molecule has 2 rings (SSSR count). The molecule has 1 aromatic carbocycles. The minimum Gasteiger partial charge on any atom is -0.310 e. The minimum absolute atomic E-state index is 0.249. The molecule has 0 radical (unpaired) electrons. The summed E-state index contributed by atoms with van der Waals surface area (Å²) in [7, 11) is 1.51. The summed E-state index contributed by atoms with van der Waals surface area (Å²) >= 11 is 0. The van der Waals surface area contributed by atoms with Crippen LogP contribution in [0.2, 0.25) is 0 Å². The number of nitrogens with one attached hydrogen (secondary N) is 1. The van der Waals surface area contributed by atoms with Crippen molar-refractivity contribution in [3.05, 3.63) is 68.5 Å². The second kappa shape index (κ2) is 7.22. The van der Waals surface area contributed by atoms with E-state index in [1.54, 1.807) is 11.5 Å². The smallest absolute Gasteiger partial charge is 0.310 e. The molecule has 1 aromatic heterocycles. The molecule has 0 bridgehead atoms. The molecule has 5 heteroatoms. The van der Waals surface area contributed by atoms with Gasteiger partial charge in [0.05, 0.1) is 0 Å². The maximum absolute atomic E-state index is 12.1. The summed E-state index contributed by atoms with van der Waals surface area (Å²) in [5.41, 5.74) is 1.46. The summed E-state index contributed by atoms with van der Waals surface area (Å²) in [6.45, 7) is 5.33. The first-order valence-electron chi connectivity index (χ1n) is 7.56. The number of aryl methyl sites for hydroxylation is 1. The van der Waals surface area contributed by atoms with Gasteiger partial charge in [0.1, 0.15) is 0 Å². The van der Waals surface area contributed by atoms with Crippen molar-refractivity contribution < 1.29 is 0 Å². The molecule has 0 aliphatic rings. The van der Waals surface area contributed by atoms with Gasteiger partial charge in [-0.15, -0.1) is 0 Å². The van der Waals surface area contributed by atoms with Gasteiger partial charge in [-0.1, -0.05) is 30.3 Å². The van der Waals surface area contributed by atoms with Crippen LogP contribution in [-0.4, -0.2) is 15.7 Å². The molecule has 2 aromatic rings. The van der Waals surface area contributed by atoms with Crippen molar-refractivity contribution in [2.75, 3.05) is 6.54 Å². The molecule has 0 fully saturated rings. The van der Waals surface area contributed by atoms with Gasteiger partial charge >= 0.3 is 5.69 Å². The van der Waals surface area contributed by atoms with Gasteiger partial charge in [-0.3, -0.25) is 13.9 Å². The van der Waals surface area contributed by atoms with Crippen LogP contribution in [-0.2, 0) is 13.6 Å². The van der Waals surface area contributed by atoms with E-state index in [1.807, 2.05) is 18.2 Å². The van der Waals surface area contributed by atoms with Crippen LogP contribution in [0.25, 0.3) is 0 Å². The molecular weight excluding hydrogens is 278 g/mol. The van der Waals surface area contributed by atoms with Gasteiger partial charge in [-0.2, -0.15) is 0 Å². The third kappa shape index (κ3) is 3.74. The Morgan fingerprint density at radius 3 is 2.55 bits per heavy atom. The predicted octanol–water partition coefficient (Wildman–Crippen LogP) is 1.60. The van der Waals surface area contributed by atoms with Crippen LogP contribution in [0, 0.1) is 6.92 Å². The Balaban J connectivity index is 1.91. The van der Waals surface area contributed by atoms with Crippen molar-refractivity contribution in [3.63, 3.8) is 0 Å². The second-order valence-electron chi connectivity index (χ2n) is 5.56. The van der Waals surface area contributed by atoms with Crippen LogP contribution in [0.15, 0.2) is 46.0 Å². The van der Waals surface area contributed by atoms with E-state index in [4.69, 9.17) is 0 Å². The lowest BCUT2D eigenvalue weighted by molar-refractivity contribution is 0.502. The molecule has 1 atom stereocenters. The summed E-state index contributed by atoms with van der Waals surface area (Å²) in [5, 5.41) is 3.45. The van der Waals surface area contributed by atoms with Crippen LogP contribution < -0.4 is 16.6 Å². The molecule has 1 N–H and O–H groups in total. The minimum atomic E-state index is -0.255. The van der Waals surface area contributed by atoms with Crippen LogP contribution in [0.5, 0.6) is 0 Å². The molecule has 0 saturated carbocycles. The van der Waals surface area contributed by atoms with Gasteiger partial charge in [-0.05, 0) is 32.4 Å². The Kier molecular flexibility index (Phi) is 5.33. The van der Waals surface area contributed by atoms with Crippen molar-refractivity contribution in [1.82, 2.24) is 14.5 Å². The van der Waals surface area contributed by atoms with E-state index in [0.717, 1.165) is 17.5 Å². The Bertz CT molecular complexity index is 732. The summed E-state index contributed by atoms with van der Waals surface area (Å²) in [4.78, 5) is 23.6. The number of aromatic nitrogens is 2. The van der Waals surface area contributed by atoms with Gasteiger partial charge in [-0.25, -0.2) is 4.79 Å². The third-order valence-electron chi connectivity index (χ3n) is 3.92. The molecule has 1 heterocycles. The Morgan fingerprint density at radius 1 is 1.18 bits per heavy atom. The highest BCUT2D eigenvalue weighted by Crippen LogP contribution is 2.10. The highest BCUT2D eigenvalue weighted by atomic mass is 16.2. The van der Waals surface area contributed by atoms with Gasteiger partial charge in [0.2, 0.25) is 0 Å². The predicted molar refractivity (Wildman–Crippen MR) is 88.2 cm³/mol. The first kappa shape index (κ1) is 16.2. The number of benzene rings is 1. The highest BCUT2D eigenvalue weighted by Gasteiger charge is 2.06. The molecule has 0 aliphatic heterocycles. The van der Waals surface area contributed by atoms with E-state index >= 15 is 0 Å². The molecule has 5 nitrogen and oxygen atoms in total. The normalized spacial score (nSPS) is 12.3. The lowest BCUT2D eigenvalue weighted by Crippen LogP contribution is -2.39. The maximum atomic E-state index is 12.1. The largest absolute Gasteiger partial charge is 0.330 e. The van der Waals surface area contributed by atoms with Crippen LogP contribution in [0.3, 0.4) is 0 Å². The number of nitrogens with zero attached hydrogens (tertiary/aromatic N) is 2. The van der Waals surface area contributed by atoms with E-state index < -0.39 is 0 Å². The van der Waals surface area contributed by atoms with Crippen LogP contribution in [0.4, 0.5) is 0 Å². The van der Waals surface area contributed by atoms with Crippen LogP contribution in [0.1, 0.15) is 30.6 Å². The number of rotatable bonds is 6. The van der Waals surface area contributed by atoms with E-state index in [1.165, 1.54) is 18.7 Å². The zero-order chi connectivity index (χ0) is 16.1. The van der Waals surface area contributed by atoms with Gasteiger partial charge < -0.3 is 5.32 Å². The SMILES string of the molecule is Cc1cc(=O)n(C)c(=O)n1CCCNC(C)c1ccccc1. The molecule has 0 saturated heterocycles. The standard InChI is InChI=1S/C17H23N3O2/c1-13-12-16(21)19(3)17(22)20(13)11-7-10-18-14(2)15-8-5-4-6-9-15/h4-6,8-9,12,14,18H,7,10-11H2,1-3H3. The summed E-state index contributed by atoms with van der Waals surface area (Å²) in [5.74, 6) is 0. The Morgan fingerprint density at radius 2 is 1.86 bits per heavy atom. The topological polar surface area (TPSA) is 56.0 Å². The summed E-state index contributed by atoms with van der Waals surface area (Å²) in [6.07, 6.45) is 0.829. The molecule has 22 heavy (non-hydrogen) atoms. The monoisotopic (exact) mass is 301 g/mol. The Labute approximate surface area is 130 Å². The fourth-order valence-corrected chi connectivity index (χ4v) is 2.47. The van der Waals surface area contributed by atoms with Crippen LogP contribution >= 0.6 is 0 Å². The number of hydrogen-bond acceptors (Lipinski definition) is 3. The average molecular weight is 301 g/mol. The Hall–Kier alpha value is -2.14. The van der Waals surface area contributed by atoms with E-state index in [9.17, 15) is 9.59 Å². The first-order valence-corrected chi connectivity index (χ1v) is 7.56. The third-order valence-corrected chi connectivity index (χ3v) is 3.92. The molecule has 1 unspecified atom stereocenters. The molecule has 0 aliphatic carbocycles. The molecule has 118 valence electrons. The maximum Gasteiger partial charge on any atom is 0.330 e. The van der Waals surface area contributed by atoms with Crippen molar-refractivity contribution >= 4 is 0 Å². The first-order chi connectivity index (χ1) is 10.5. The number of hydrogen-bond donors (Lipinski definition) is 1. The second-order valence-corrected chi connectivity index (χ2v) is 5.56. The fraction of sp³-hybridized carbons (Fsp3) is 0.412. The van der Waals surface area contributed by atoms with Gasteiger partial charge in [0, 0.05) is 31.4 Å². The van der Waals surface area contributed by atoms with Gasteiger partial charge in [0.25, 0.3) is 5.56 Å². The quantitative estimate of drug-likeness (QED) is 0.825. The van der Waals surface area contributed by atoms with Crippen molar-refractivity contribution in [2.45, 2.75) is 32.9 Å². The van der Waals surface area contributed by atoms with E-state index in [2.05, 4.69) is 24.4 Å². The lowest BCUT2D eigenvalue weighted by Gasteiger charge is -2.15.